The van der Waals surface area contributed by atoms with Crippen molar-refractivity contribution >= 4 is 11.7 Å². The van der Waals surface area contributed by atoms with Gasteiger partial charge in [-0.25, -0.2) is 4.79 Å². The predicted octanol–water partition coefficient (Wildman–Crippen LogP) is 4.02. The molecule has 1 fully saturated rings. The first-order valence-corrected chi connectivity index (χ1v) is 9.11. The van der Waals surface area contributed by atoms with E-state index in [4.69, 9.17) is 9.47 Å². The van der Waals surface area contributed by atoms with Crippen LogP contribution in [0.4, 0.5) is 23.7 Å². The normalized spacial score (nSPS) is 19.3. The van der Waals surface area contributed by atoms with E-state index in [-0.39, 0.29) is 17.8 Å². The Labute approximate surface area is 165 Å². The molecule has 7 nitrogen and oxygen atoms in total. The highest BCUT2D eigenvalue weighted by Crippen LogP contribution is 2.34. The van der Waals surface area contributed by atoms with Crippen molar-refractivity contribution < 1.29 is 27.4 Å². The summed E-state index contributed by atoms with van der Waals surface area (Å²) in [7, 11) is 1.49. The number of nitrogens with zero attached hydrogens (tertiary/aromatic N) is 2. The molecular formula is C19H21F3N4O3. The van der Waals surface area contributed by atoms with Crippen LogP contribution >= 0.6 is 0 Å². The van der Waals surface area contributed by atoms with Gasteiger partial charge in [-0.2, -0.15) is 18.2 Å². The second-order valence-corrected chi connectivity index (χ2v) is 6.63. The van der Waals surface area contributed by atoms with E-state index in [0.29, 0.717) is 37.4 Å². The van der Waals surface area contributed by atoms with Crippen molar-refractivity contribution in [2.75, 3.05) is 12.4 Å². The van der Waals surface area contributed by atoms with Crippen molar-refractivity contribution in [1.29, 1.82) is 0 Å². The van der Waals surface area contributed by atoms with E-state index >= 15 is 0 Å². The van der Waals surface area contributed by atoms with E-state index in [1.807, 2.05) is 0 Å². The summed E-state index contributed by atoms with van der Waals surface area (Å²) < 4.78 is 49.9. The number of carbonyl (C=O) groups is 1. The number of halogens is 3. The van der Waals surface area contributed by atoms with E-state index in [1.54, 1.807) is 0 Å². The van der Waals surface area contributed by atoms with Gasteiger partial charge < -0.3 is 20.1 Å². The minimum atomic E-state index is -4.54. The van der Waals surface area contributed by atoms with Crippen LogP contribution in [0.1, 0.15) is 31.2 Å². The number of nitrogens with one attached hydrogen (secondary N) is 2. The Morgan fingerprint density at radius 2 is 1.79 bits per heavy atom. The molecule has 0 bridgehead atoms. The van der Waals surface area contributed by atoms with Crippen LogP contribution in [0.2, 0.25) is 0 Å². The molecule has 0 aliphatic heterocycles. The molecule has 2 aromatic rings. The van der Waals surface area contributed by atoms with Gasteiger partial charge in [0.2, 0.25) is 11.8 Å². The Balaban J connectivity index is 1.49. The Kier molecular flexibility index (Phi) is 6.40. The van der Waals surface area contributed by atoms with E-state index < -0.39 is 17.8 Å². The molecule has 0 saturated heterocycles. The molecule has 1 aromatic carbocycles. The van der Waals surface area contributed by atoms with Crippen LogP contribution in [-0.2, 0) is 6.18 Å². The fourth-order valence-electron chi connectivity index (χ4n) is 3.17. The fraction of sp³-hybridized carbons (Fsp3) is 0.421. The molecule has 1 aliphatic rings. The first-order valence-electron chi connectivity index (χ1n) is 9.11. The highest BCUT2D eigenvalue weighted by atomic mass is 19.4. The summed E-state index contributed by atoms with van der Waals surface area (Å²) in [6.45, 7) is 0. The number of anilines is 1. The lowest BCUT2D eigenvalue weighted by atomic mass is 9.93. The minimum absolute atomic E-state index is 0.0801. The predicted molar refractivity (Wildman–Crippen MR) is 98.9 cm³/mol. The quantitative estimate of drug-likeness (QED) is 0.778. The second-order valence-electron chi connectivity index (χ2n) is 6.63. The molecule has 1 heterocycles. The van der Waals surface area contributed by atoms with E-state index in [1.165, 1.54) is 37.7 Å². The molecule has 1 saturated carbocycles. The van der Waals surface area contributed by atoms with Gasteiger partial charge in [-0.3, -0.25) is 4.98 Å². The fourth-order valence-corrected chi connectivity index (χ4v) is 3.17. The summed E-state index contributed by atoms with van der Waals surface area (Å²) >= 11 is 0. The zero-order valence-electron chi connectivity index (χ0n) is 15.7. The van der Waals surface area contributed by atoms with Crippen molar-refractivity contribution in [3.05, 3.63) is 42.2 Å². The van der Waals surface area contributed by atoms with Crippen LogP contribution in [0.25, 0.3) is 0 Å². The summed E-state index contributed by atoms with van der Waals surface area (Å²) in [6, 6.07) is 4.06. The van der Waals surface area contributed by atoms with E-state index in [9.17, 15) is 18.0 Å². The average Bonchev–Trinajstić information content (AvgIpc) is 2.69. The van der Waals surface area contributed by atoms with Gasteiger partial charge in [0.25, 0.3) is 0 Å². The molecule has 0 unspecified atom stereocenters. The lowest BCUT2D eigenvalue weighted by Gasteiger charge is -2.29. The number of urea groups is 1. The number of para-hydroxylation sites is 1. The highest BCUT2D eigenvalue weighted by Gasteiger charge is 2.33. The highest BCUT2D eigenvalue weighted by molar-refractivity contribution is 5.90. The summed E-state index contributed by atoms with van der Waals surface area (Å²) in [5.41, 5.74) is -1.15. The Hall–Kier alpha value is -3.04. The van der Waals surface area contributed by atoms with Gasteiger partial charge in [0.15, 0.2) is 0 Å². The zero-order valence-corrected chi connectivity index (χ0v) is 15.7. The van der Waals surface area contributed by atoms with Gasteiger partial charge in [-0.05, 0) is 37.8 Å². The van der Waals surface area contributed by atoms with Gasteiger partial charge in [0.1, 0.15) is 6.10 Å². The number of methoxy groups -OCH3 is 1. The van der Waals surface area contributed by atoms with Crippen LogP contribution in [0.5, 0.6) is 11.8 Å². The number of alkyl halides is 3. The molecule has 1 aliphatic carbocycles. The summed E-state index contributed by atoms with van der Waals surface area (Å²) in [4.78, 5) is 20.3. The number of ether oxygens (including phenoxy) is 2. The van der Waals surface area contributed by atoms with Gasteiger partial charge in [0.05, 0.1) is 30.8 Å². The minimum Gasteiger partial charge on any atom is -0.480 e. The number of carbonyl (C=O) groups excluding carboxylic acids is 1. The maximum atomic E-state index is 13.0. The summed E-state index contributed by atoms with van der Waals surface area (Å²) in [5.74, 6) is 0.718. The lowest BCUT2D eigenvalue weighted by molar-refractivity contribution is -0.136. The third kappa shape index (κ3) is 5.72. The van der Waals surface area contributed by atoms with Gasteiger partial charge in [-0.15, -0.1) is 0 Å². The maximum Gasteiger partial charge on any atom is 0.418 e. The Morgan fingerprint density at radius 3 is 2.48 bits per heavy atom. The monoisotopic (exact) mass is 410 g/mol. The summed E-state index contributed by atoms with van der Waals surface area (Å²) in [5, 5.41) is 5.02. The van der Waals surface area contributed by atoms with Crippen LogP contribution in [0.3, 0.4) is 0 Å². The van der Waals surface area contributed by atoms with Crippen LogP contribution in [0, 0.1) is 0 Å². The average molecular weight is 410 g/mol. The molecule has 3 rings (SSSR count). The topological polar surface area (TPSA) is 85.4 Å². The van der Waals surface area contributed by atoms with Crippen molar-refractivity contribution in [3.8, 4) is 11.8 Å². The molecule has 0 radical (unpaired) electrons. The third-order valence-corrected chi connectivity index (χ3v) is 4.58. The number of rotatable bonds is 5. The number of benzene rings is 1. The molecular weight excluding hydrogens is 389 g/mol. The Morgan fingerprint density at radius 1 is 1.10 bits per heavy atom. The van der Waals surface area contributed by atoms with Gasteiger partial charge in [-0.1, -0.05) is 12.1 Å². The molecule has 0 atom stereocenters. The van der Waals surface area contributed by atoms with E-state index in [2.05, 4.69) is 20.6 Å². The van der Waals surface area contributed by atoms with Crippen LogP contribution in [0.15, 0.2) is 36.7 Å². The molecule has 0 spiro atoms. The van der Waals surface area contributed by atoms with Gasteiger partial charge in [0, 0.05) is 6.04 Å². The largest absolute Gasteiger partial charge is 0.480 e. The molecule has 156 valence electrons. The van der Waals surface area contributed by atoms with Crippen molar-refractivity contribution in [2.24, 2.45) is 0 Å². The smallest absolute Gasteiger partial charge is 0.418 e. The number of amides is 2. The molecule has 2 N–H and O–H groups in total. The molecule has 2 amide bonds. The van der Waals surface area contributed by atoms with Crippen LogP contribution in [-0.4, -0.2) is 35.3 Å². The lowest BCUT2D eigenvalue weighted by Crippen LogP contribution is -2.42. The molecule has 10 heteroatoms. The second kappa shape index (κ2) is 8.97. The van der Waals surface area contributed by atoms with Crippen molar-refractivity contribution in [2.45, 2.75) is 44.0 Å². The van der Waals surface area contributed by atoms with Crippen molar-refractivity contribution in [1.82, 2.24) is 15.3 Å². The maximum absolute atomic E-state index is 13.0. The number of aromatic nitrogens is 2. The van der Waals surface area contributed by atoms with Crippen LogP contribution < -0.4 is 20.1 Å². The first-order chi connectivity index (χ1) is 13.8. The zero-order chi connectivity index (χ0) is 20.9. The Bertz CT molecular complexity index is 839. The van der Waals surface area contributed by atoms with Crippen molar-refractivity contribution in [3.63, 3.8) is 0 Å². The number of hydrogen-bond donors (Lipinski definition) is 2. The standard InChI is InChI=1S/C19H21F3N4O3/c1-28-16-10-23-11-17(26-16)29-13-8-6-12(7-9-13)24-18(27)25-15-5-3-2-4-14(15)19(20,21)22/h2-5,10-13H,6-9H2,1H3,(H2,24,25,27). The number of hydrogen-bond acceptors (Lipinski definition) is 5. The SMILES string of the molecule is COc1cncc(OC2CCC(NC(=O)Nc3ccccc3C(F)(F)F)CC2)n1. The molecule has 1 aromatic heterocycles. The van der Waals surface area contributed by atoms with Gasteiger partial charge >= 0.3 is 12.2 Å². The van der Waals surface area contributed by atoms with E-state index in [0.717, 1.165) is 6.07 Å². The summed E-state index contributed by atoms with van der Waals surface area (Å²) in [6.07, 6.45) is 0.964. The third-order valence-electron chi connectivity index (χ3n) is 4.58. The first kappa shape index (κ1) is 20.7. The molecule has 29 heavy (non-hydrogen) atoms.